The molecule has 2 atom stereocenters. The van der Waals surface area contributed by atoms with Gasteiger partial charge in [0.1, 0.15) is 11.4 Å². The molecule has 1 aliphatic heterocycles. The monoisotopic (exact) mass is 350 g/mol. The maximum absolute atomic E-state index is 6.10. The molecule has 2 N–H and O–H groups in total. The number of aromatic nitrogens is 2. The van der Waals surface area contributed by atoms with E-state index in [2.05, 4.69) is 23.0 Å². The van der Waals surface area contributed by atoms with Gasteiger partial charge in [0.25, 0.3) is 0 Å². The minimum atomic E-state index is 0. The van der Waals surface area contributed by atoms with Crippen LogP contribution in [0.1, 0.15) is 25.5 Å². The van der Waals surface area contributed by atoms with Crippen LogP contribution in [0, 0.1) is 5.92 Å². The van der Waals surface area contributed by atoms with Crippen molar-refractivity contribution < 1.29 is 4.74 Å². The number of para-hydroxylation sites is 2. The molecule has 24 heavy (non-hydrogen) atoms. The number of hydrogen-bond donors (Lipinski definition) is 1. The summed E-state index contributed by atoms with van der Waals surface area (Å²) in [6.07, 6.45) is 4.31. The second kappa shape index (κ2) is 8.51. The van der Waals surface area contributed by atoms with Crippen molar-refractivity contribution in [3.05, 3.63) is 42.2 Å². The summed E-state index contributed by atoms with van der Waals surface area (Å²) in [5.74, 6) is 1.43. The van der Waals surface area contributed by atoms with Gasteiger partial charge >= 0.3 is 0 Å². The van der Waals surface area contributed by atoms with Gasteiger partial charge < -0.3 is 10.5 Å². The largest absolute Gasteiger partial charge is 0.494 e. The molecule has 1 fully saturated rings. The Kier molecular flexibility index (Phi) is 6.66. The Bertz CT molecular complexity index is 643. The van der Waals surface area contributed by atoms with Gasteiger partial charge in [-0.15, -0.1) is 12.4 Å². The molecule has 1 aromatic heterocycles. The molecule has 0 spiro atoms. The van der Waals surface area contributed by atoms with E-state index in [-0.39, 0.29) is 18.4 Å². The van der Waals surface area contributed by atoms with E-state index in [0.717, 1.165) is 31.1 Å². The number of likely N-dealkylation sites (tertiary alicyclic amines) is 1. The zero-order valence-corrected chi connectivity index (χ0v) is 15.2. The average Bonchev–Trinajstić information content (AvgIpc) is 3.03. The van der Waals surface area contributed by atoms with E-state index < -0.39 is 0 Å². The summed E-state index contributed by atoms with van der Waals surface area (Å²) in [6.45, 7) is 5.20. The molecule has 2 unspecified atom stereocenters. The molecular weight excluding hydrogens is 324 g/mol. The predicted octanol–water partition coefficient (Wildman–Crippen LogP) is 2.86. The first-order valence-electron chi connectivity index (χ1n) is 8.33. The summed E-state index contributed by atoms with van der Waals surface area (Å²) in [5.41, 5.74) is 8.26. The van der Waals surface area contributed by atoms with Gasteiger partial charge in [-0.25, -0.2) is 4.68 Å². The second-order valence-corrected chi connectivity index (χ2v) is 6.40. The molecule has 0 radical (unpaired) electrons. The Morgan fingerprint density at radius 3 is 2.88 bits per heavy atom. The Morgan fingerprint density at radius 2 is 2.12 bits per heavy atom. The topological polar surface area (TPSA) is 56.3 Å². The van der Waals surface area contributed by atoms with Crippen molar-refractivity contribution in [3.8, 4) is 11.4 Å². The summed E-state index contributed by atoms with van der Waals surface area (Å²) in [6, 6.07) is 10.3. The fraction of sp³-hybridized carbons (Fsp3) is 0.500. The molecule has 2 aromatic rings. The van der Waals surface area contributed by atoms with Gasteiger partial charge in [0.05, 0.1) is 12.8 Å². The van der Waals surface area contributed by atoms with E-state index in [0.29, 0.717) is 5.92 Å². The fourth-order valence-corrected chi connectivity index (χ4v) is 3.37. The van der Waals surface area contributed by atoms with Gasteiger partial charge in [0.15, 0.2) is 0 Å². The summed E-state index contributed by atoms with van der Waals surface area (Å²) in [4.78, 5) is 2.49. The van der Waals surface area contributed by atoms with Crippen LogP contribution in [-0.2, 0) is 6.54 Å². The molecule has 1 saturated heterocycles. The smallest absolute Gasteiger partial charge is 0.144 e. The highest BCUT2D eigenvalue weighted by Gasteiger charge is 2.23. The third-order valence-electron chi connectivity index (χ3n) is 4.71. The predicted molar refractivity (Wildman–Crippen MR) is 99.0 cm³/mol. The molecule has 2 heterocycles. The zero-order chi connectivity index (χ0) is 16.2. The van der Waals surface area contributed by atoms with E-state index in [4.69, 9.17) is 10.5 Å². The molecule has 132 valence electrons. The Balaban J connectivity index is 0.00000208. The molecule has 5 nitrogen and oxygen atoms in total. The molecule has 0 aliphatic carbocycles. The van der Waals surface area contributed by atoms with Crippen LogP contribution in [0.25, 0.3) is 5.69 Å². The Hall–Kier alpha value is -1.56. The van der Waals surface area contributed by atoms with E-state index in [1.165, 1.54) is 18.5 Å². The number of nitrogens with zero attached hydrogens (tertiary/aromatic N) is 3. The van der Waals surface area contributed by atoms with Gasteiger partial charge in [-0.05, 0) is 50.4 Å². The molecular formula is C18H27ClN4O. The third-order valence-corrected chi connectivity index (χ3v) is 4.71. The molecule has 1 aromatic carbocycles. The zero-order valence-electron chi connectivity index (χ0n) is 14.4. The third kappa shape index (κ3) is 4.09. The van der Waals surface area contributed by atoms with Crippen molar-refractivity contribution in [3.63, 3.8) is 0 Å². The normalized spacial score (nSPS) is 19.5. The quantitative estimate of drug-likeness (QED) is 0.900. The average molecular weight is 351 g/mol. The maximum atomic E-state index is 6.10. The standard InChI is InChI=1S/C18H26N4O.ClH/c1-14(19)15-6-5-11-21(12-15)13-16-9-10-20-22(16)17-7-3-4-8-18(17)23-2;/h3-4,7-10,14-15H,5-6,11-13,19H2,1-2H3;1H. The number of rotatable bonds is 5. The SMILES string of the molecule is COc1ccccc1-n1nccc1CN1CCCC(C(C)N)C1.Cl. The van der Waals surface area contributed by atoms with Gasteiger partial charge in [-0.1, -0.05) is 12.1 Å². The van der Waals surface area contributed by atoms with Gasteiger partial charge in [0, 0.05) is 25.3 Å². The molecule has 6 heteroatoms. The van der Waals surface area contributed by atoms with Gasteiger partial charge in [0.2, 0.25) is 0 Å². The number of nitrogens with two attached hydrogens (primary N) is 1. The van der Waals surface area contributed by atoms with Crippen molar-refractivity contribution in [2.45, 2.75) is 32.4 Å². The van der Waals surface area contributed by atoms with Crippen LogP contribution in [0.15, 0.2) is 36.5 Å². The number of methoxy groups -OCH3 is 1. The lowest BCUT2D eigenvalue weighted by Crippen LogP contribution is -2.42. The lowest BCUT2D eigenvalue weighted by molar-refractivity contribution is 0.152. The summed E-state index contributed by atoms with van der Waals surface area (Å²) in [5, 5.41) is 4.50. The van der Waals surface area contributed by atoms with Crippen molar-refractivity contribution >= 4 is 12.4 Å². The first-order chi connectivity index (χ1) is 11.2. The molecule has 0 saturated carbocycles. The number of piperidine rings is 1. The van der Waals surface area contributed by atoms with Crippen molar-refractivity contribution in [1.82, 2.24) is 14.7 Å². The van der Waals surface area contributed by atoms with Gasteiger partial charge in [-0.3, -0.25) is 4.90 Å². The summed E-state index contributed by atoms with van der Waals surface area (Å²) >= 11 is 0. The van der Waals surface area contributed by atoms with Crippen LogP contribution < -0.4 is 10.5 Å². The first-order valence-corrected chi connectivity index (χ1v) is 8.33. The van der Waals surface area contributed by atoms with Gasteiger partial charge in [-0.2, -0.15) is 5.10 Å². The Morgan fingerprint density at radius 1 is 1.33 bits per heavy atom. The maximum Gasteiger partial charge on any atom is 0.144 e. The number of halogens is 1. The highest BCUT2D eigenvalue weighted by Crippen LogP contribution is 2.25. The van der Waals surface area contributed by atoms with Crippen LogP contribution >= 0.6 is 12.4 Å². The lowest BCUT2D eigenvalue weighted by atomic mass is 9.92. The molecule has 0 bridgehead atoms. The highest BCUT2D eigenvalue weighted by molar-refractivity contribution is 5.85. The van der Waals surface area contributed by atoms with E-state index in [1.54, 1.807) is 7.11 Å². The number of hydrogen-bond acceptors (Lipinski definition) is 4. The van der Waals surface area contributed by atoms with E-state index in [9.17, 15) is 0 Å². The molecule has 0 amide bonds. The van der Waals surface area contributed by atoms with Crippen LogP contribution in [0.5, 0.6) is 5.75 Å². The minimum Gasteiger partial charge on any atom is -0.494 e. The fourth-order valence-electron chi connectivity index (χ4n) is 3.37. The van der Waals surface area contributed by atoms with E-state index >= 15 is 0 Å². The second-order valence-electron chi connectivity index (χ2n) is 6.40. The number of benzene rings is 1. The molecule has 3 rings (SSSR count). The Labute approximate surface area is 150 Å². The summed E-state index contributed by atoms with van der Waals surface area (Å²) < 4.78 is 7.45. The first kappa shape index (κ1) is 18.8. The van der Waals surface area contributed by atoms with E-state index in [1.807, 2.05) is 35.1 Å². The van der Waals surface area contributed by atoms with Crippen LogP contribution in [-0.4, -0.2) is 40.9 Å². The lowest BCUT2D eigenvalue weighted by Gasteiger charge is -2.34. The van der Waals surface area contributed by atoms with Crippen LogP contribution in [0.2, 0.25) is 0 Å². The van der Waals surface area contributed by atoms with Crippen molar-refractivity contribution in [2.24, 2.45) is 11.7 Å². The summed E-state index contributed by atoms with van der Waals surface area (Å²) in [7, 11) is 1.69. The highest BCUT2D eigenvalue weighted by atomic mass is 35.5. The van der Waals surface area contributed by atoms with Crippen LogP contribution in [0.4, 0.5) is 0 Å². The minimum absolute atomic E-state index is 0. The van der Waals surface area contributed by atoms with Crippen molar-refractivity contribution in [1.29, 1.82) is 0 Å². The number of ether oxygens (including phenoxy) is 1. The molecule has 1 aliphatic rings. The van der Waals surface area contributed by atoms with Crippen LogP contribution in [0.3, 0.4) is 0 Å². The van der Waals surface area contributed by atoms with Crippen molar-refractivity contribution in [2.75, 3.05) is 20.2 Å².